The lowest BCUT2D eigenvalue weighted by Gasteiger charge is -2.20. The van der Waals surface area contributed by atoms with Gasteiger partial charge in [0.05, 0.1) is 11.3 Å². The van der Waals surface area contributed by atoms with Crippen LogP contribution in [0.3, 0.4) is 0 Å². The van der Waals surface area contributed by atoms with E-state index in [-0.39, 0.29) is 17.2 Å². The van der Waals surface area contributed by atoms with Crippen molar-refractivity contribution in [1.82, 2.24) is 15.0 Å². The van der Waals surface area contributed by atoms with Crippen molar-refractivity contribution in [3.63, 3.8) is 0 Å². The van der Waals surface area contributed by atoms with Crippen molar-refractivity contribution >= 4 is 17.5 Å². The van der Waals surface area contributed by atoms with Crippen LogP contribution in [-0.4, -0.2) is 39.7 Å². The number of allylic oxidation sites excluding steroid dienone is 3. The Balaban J connectivity index is 1.47. The Morgan fingerprint density at radius 1 is 1.33 bits per heavy atom. The summed E-state index contributed by atoms with van der Waals surface area (Å²) in [5.41, 5.74) is 1.59. The highest BCUT2D eigenvalue weighted by Gasteiger charge is 2.35. The summed E-state index contributed by atoms with van der Waals surface area (Å²) >= 11 is 6.04. The van der Waals surface area contributed by atoms with Crippen LogP contribution in [0.15, 0.2) is 52.7 Å². The van der Waals surface area contributed by atoms with E-state index in [1.807, 2.05) is 18.2 Å². The first-order chi connectivity index (χ1) is 13.1. The van der Waals surface area contributed by atoms with E-state index in [0.29, 0.717) is 36.9 Å². The second-order valence-corrected chi connectivity index (χ2v) is 6.94. The van der Waals surface area contributed by atoms with Gasteiger partial charge in [-0.05, 0) is 36.8 Å². The number of halogens is 2. The van der Waals surface area contributed by atoms with Crippen molar-refractivity contribution in [1.29, 1.82) is 0 Å². The maximum Gasteiger partial charge on any atom is 0.232 e. The standard InChI is InChI=1S/C19H17ClFN3O3/c20-14-3-5-15(6-4-14)24-10-13(9-17(24)25)19-22-18(23-27-19)12-1-7-16(8-2-12)26-11-21/h1-3,5-8,13-14H,4,9-11H2. The van der Waals surface area contributed by atoms with Gasteiger partial charge in [0.15, 0.2) is 0 Å². The van der Waals surface area contributed by atoms with Gasteiger partial charge in [0.2, 0.25) is 24.5 Å². The molecular formula is C19H17ClFN3O3. The maximum atomic E-state index is 12.4. The van der Waals surface area contributed by atoms with E-state index in [1.54, 1.807) is 29.2 Å². The number of hydrogen-bond donors (Lipinski definition) is 0. The largest absolute Gasteiger partial charge is 0.463 e. The lowest BCUT2D eigenvalue weighted by molar-refractivity contribution is -0.125. The van der Waals surface area contributed by atoms with Crippen molar-refractivity contribution in [2.45, 2.75) is 24.1 Å². The number of amides is 1. The molecule has 2 aromatic rings. The Morgan fingerprint density at radius 2 is 2.15 bits per heavy atom. The summed E-state index contributed by atoms with van der Waals surface area (Å²) in [6.07, 6.45) is 6.76. The van der Waals surface area contributed by atoms with Gasteiger partial charge in [-0.2, -0.15) is 4.98 Å². The Kier molecular flexibility index (Phi) is 4.94. The smallest absolute Gasteiger partial charge is 0.232 e. The quantitative estimate of drug-likeness (QED) is 0.727. The van der Waals surface area contributed by atoms with Gasteiger partial charge in [-0.3, -0.25) is 4.79 Å². The minimum atomic E-state index is -0.880. The van der Waals surface area contributed by atoms with Gasteiger partial charge >= 0.3 is 0 Å². The summed E-state index contributed by atoms with van der Waals surface area (Å²) < 4.78 is 22.4. The first-order valence-electron chi connectivity index (χ1n) is 8.59. The Hall–Kier alpha value is -2.67. The Morgan fingerprint density at radius 3 is 2.85 bits per heavy atom. The molecule has 4 rings (SSSR count). The molecule has 0 bridgehead atoms. The average Bonchev–Trinajstić information content (AvgIpc) is 3.30. The SMILES string of the molecule is O=C1CC(c2nc(-c3ccc(OCF)cc3)no2)CN1C1=CCC(Cl)C=C1. The fraction of sp³-hybridized carbons (Fsp3) is 0.316. The van der Waals surface area contributed by atoms with E-state index >= 15 is 0 Å². The van der Waals surface area contributed by atoms with E-state index in [4.69, 9.17) is 20.9 Å². The number of benzene rings is 1. The number of nitrogens with zero attached hydrogens (tertiary/aromatic N) is 3. The van der Waals surface area contributed by atoms with Crippen molar-refractivity contribution in [3.05, 3.63) is 54.1 Å². The zero-order valence-corrected chi connectivity index (χ0v) is 15.1. The van der Waals surface area contributed by atoms with Crippen LogP contribution in [0.1, 0.15) is 24.7 Å². The zero-order valence-electron chi connectivity index (χ0n) is 14.3. The molecule has 1 aromatic carbocycles. The van der Waals surface area contributed by atoms with Crippen LogP contribution in [0.4, 0.5) is 4.39 Å². The molecule has 6 nitrogen and oxygen atoms in total. The molecular weight excluding hydrogens is 373 g/mol. The van der Waals surface area contributed by atoms with Crippen LogP contribution in [-0.2, 0) is 4.79 Å². The average molecular weight is 390 g/mol. The predicted octanol–water partition coefficient (Wildman–Crippen LogP) is 3.81. The number of alkyl halides is 2. The molecule has 1 aromatic heterocycles. The fourth-order valence-electron chi connectivity index (χ4n) is 3.19. The minimum Gasteiger partial charge on any atom is -0.463 e. The number of hydrogen-bond acceptors (Lipinski definition) is 5. The molecule has 140 valence electrons. The second-order valence-electron chi connectivity index (χ2n) is 6.38. The number of ether oxygens (including phenoxy) is 1. The highest BCUT2D eigenvalue weighted by molar-refractivity contribution is 6.22. The zero-order chi connectivity index (χ0) is 18.8. The van der Waals surface area contributed by atoms with Crippen LogP contribution in [0.5, 0.6) is 5.75 Å². The molecule has 0 saturated carbocycles. The van der Waals surface area contributed by atoms with Crippen LogP contribution >= 0.6 is 11.6 Å². The lowest BCUT2D eigenvalue weighted by atomic mass is 10.1. The topological polar surface area (TPSA) is 68.5 Å². The molecule has 1 fully saturated rings. The molecule has 1 saturated heterocycles. The number of carbonyl (C=O) groups is 1. The fourth-order valence-corrected chi connectivity index (χ4v) is 3.35. The molecule has 0 N–H and O–H groups in total. The van der Waals surface area contributed by atoms with Crippen LogP contribution in [0, 0.1) is 0 Å². The van der Waals surface area contributed by atoms with Gasteiger partial charge in [-0.15, -0.1) is 11.6 Å². The van der Waals surface area contributed by atoms with E-state index in [9.17, 15) is 9.18 Å². The van der Waals surface area contributed by atoms with Crippen LogP contribution < -0.4 is 4.74 Å². The Bertz CT molecular complexity index is 894. The monoisotopic (exact) mass is 389 g/mol. The molecule has 1 amide bonds. The summed E-state index contributed by atoms with van der Waals surface area (Å²) in [4.78, 5) is 18.6. The first-order valence-corrected chi connectivity index (χ1v) is 9.03. The molecule has 0 spiro atoms. The van der Waals surface area contributed by atoms with E-state index in [2.05, 4.69) is 10.1 Å². The minimum absolute atomic E-state index is 0.0244. The van der Waals surface area contributed by atoms with Crippen LogP contribution in [0.25, 0.3) is 11.4 Å². The number of carbonyl (C=O) groups excluding carboxylic acids is 1. The van der Waals surface area contributed by atoms with Gasteiger partial charge < -0.3 is 14.2 Å². The highest BCUT2D eigenvalue weighted by atomic mass is 35.5. The van der Waals surface area contributed by atoms with E-state index < -0.39 is 6.86 Å². The van der Waals surface area contributed by atoms with Crippen LogP contribution in [0.2, 0.25) is 0 Å². The summed E-state index contributed by atoms with van der Waals surface area (Å²) in [6, 6.07) is 6.73. The normalized spacial score (nSPS) is 22.2. The summed E-state index contributed by atoms with van der Waals surface area (Å²) in [6.45, 7) is -0.387. The molecule has 8 heteroatoms. The highest BCUT2D eigenvalue weighted by Crippen LogP contribution is 2.32. The molecule has 27 heavy (non-hydrogen) atoms. The lowest BCUT2D eigenvalue weighted by Crippen LogP contribution is -2.24. The van der Waals surface area contributed by atoms with Crippen molar-refractivity contribution < 1.29 is 18.4 Å². The molecule has 1 aliphatic carbocycles. The third kappa shape index (κ3) is 3.73. The number of aromatic nitrogens is 2. The van der Waals surface area contributed by atoms with Crippen molar-refractivity contribution in [2.75, 3.05) is 13.4 Å². The summed E-state index contributed by atoms with van der Waals surface area (Å²) in [5, 5.41) is 3.98. The van der Waals surface area contributed by atoms with Gasteiger partial charge in [0.25, 0.3) is 0 Å². The first kappa shape index (κ1) is 17.7. The van der Waals surface area contributed by atoms with Gasteiger partial charge in [-0.1, -0.05) is 17.3 Å². The predicted molar refractivity (Wildman–Crippen MR) is 96.9 cm³/mol. The molecule has 2 heterocycles. The molecule has 0 radical (unpaired) electrons. The van der Waals surface area contributed by atoms with Crippen molar-refractivity contribution in [2.24, 2.45) is 0 Å². The Labute approximate surface area is 160 Å². The van der Waals surface area contributed by atoms with Gasteiger partial charge in [0.1, 0.15) is 5.75 Å². The van der Waals surface area contributed by atoms with Gasteiger partial charge in [0, 0.05) is 24.2 Å². The molecule has 2 aliphatic rings. The molecule has 2 unspecified atom stereocenters. The maximum absolute atomic E-state index is 12.4. The third-order valence-corrected chi connectivity index (χ3v) is 4.91. The van der Waals surface area contributed by atoms with E-state index in [1.165, 1.54) is 0 Å². The number of likely N-dealkylation sites (tertiary alicyclic amines) is 1. The van der Waals surface area contributed by atoms with E-state index in [0.717, 1.165) is 11.3 Å². The third-order valence-electron chi connectivity index (χ3n) is 4.59. The summed E-state index contributed by atoms with van der Waals surface area (Å²) in [7, 11) is 0. The molecule has 1 aliphatic heterocycles. The summed E-state index contributed by atoms with van der Waals surface area (Å²) in [5.74, 6) is 1.15. The second kappa shape index (κ2) is 7.52. The van der Waals surface area contributed by atoms with Crippen molar-refractivity contribution in [3.8, 4) is 17.1 Å². The number of rotatable bonds is 5. The molecule has 2 atom stereocenters. The van der Waals surface area contributed by atoms with Gasteiger partial charge in [-0.25, -0.2) is 4.39 Å².